The number of nitrogens with one attached hydrogen (secondary N) is 1. The summed E-state index contributed by atoms with van der Waals surface area (Å²) in [4.78, 5) is 23.0. The first kappa shape index (κ1) is 17.3. The van der Waals surface area contributed by atoms with Crippen LogP contribution in [0.5, 0.6) is 0 Å². The van der Waals surface area contributed by atoms with Crippen molar-refractivity contribution in [1.29, 1.82) is 0 Å². The van der Waals surface area contributed by atoms with Crippen LogP contribution >= 0.6 is 0 Å². The van der Waals surface area contributed by atoms with E-state index < -0.39 is 23.1 Å². The van der Waals surface area contributed by atoms with Crippen molar-refractivity contribution in [2.75, 3.05) is 36.5 Å². The Bertz CT molecular complexity index is 986. The quantitative estimate of drug-likeness (QED) is 0.768. The fourth-order valence-corrected chi connectivity index (χ4v) is 3.06. The zero-order valence-electron chi connectivity index (χ0n) is 14.3. The Labute approximate surface area is 153 Å². The first-order chi connectivity index (χ1) is 13.1. The summed E-state index contributed by atoms with van der Waals surface area (Å²) in [5, 5.41) is 3.35. The van der Waals surface area contributed by atoms with Crippen LogP contribution in [0.2, 0.25) is 0 Å². The maximum atomic E-state index is 13.8. The molecule has 8 heteroatoms. The maximum Gasteiger partial charge on any atom is 0.261 e. The Balaban J connectivity index is 1.63. The lowest BCUT2D eigenvalue weighted by Crippen LogP contribution is -2.36. The molecular formula is C19H16F2N4O2. The summed E-state index contributed by atoms with van der Waals surface area (Å²) in [7, 11) is 0. The number of nitrogens with zero attached hydrogens (tertiary/aromatic N) is 3. The number of hydrogen-bond donors (Lipinski definition) is 1. The molecule has 0 unspecified atom stereocenters. The van der Waals surface area contributed by atoms with E-state index >= 15 is 0 Å². The molecule has 0 atom stereocenters. The summed E-state index contributed by atoms with van der Waals surface area (Å²) >= 11 is 0. The van der Waals surface area contributed by atoms with Crippen LogP contribution in [0.1, 0.15) is 10.4 Å². The smallest absolute Gasteiger partial charge is 0.261 e. The van der Waals surface area contributed by atoms with Crippen LogP contribution in [0.3, 0.4) is 0 Å². The third kappa shape index (κ3) is 3.43. The standard InChI is InChI=1S/C19H16F2N4O2/c20-14-2-1-3-15(21)17(14)19(26)24-12-4-5-13-16(10-12)22-11-23-18(13)25-6-8-27-9-7-25/h1-5,10-11H,6-9H2,(H,24,26). The number of morpholine rings is 1. The summed E-state index contributed by atoms with van der Waals surface area (Å²) in [6.07, 6.45) is 1.45. The number of amides is 1. The van der Waals surface area contributed by atoms with Gasteiger partial charge in [-0.2, -0.15) is 0 Å². The molecule has 4 rings (SSSR count). The van der Waals surface area contributed by atoms with Gasteiger partial charge in [0.2, 0.25) is 0 Å². The van der Waals surface area contributed by atoms with Gasteiger partial charge in [-0.25, -0.2) is 18.7 Å². The summed E-state index contributed by atoms with van der Waals surface area (Å²) in [5.74, 6) is -1.89. The molecule has 1 aliphatic rings. The van der Waals surface area contributed by atoms with Gasteiger partial charge >= 0.3 is 0 Å². The molecule has 27 heavy (non-hydrogen) atoms. The summed E-state index contributed by atoms with van der Waals surface area (Å²) in [6.45, 7) is 2.73. The highest BCUT2D eigenvalue weighted by Crippen LogP contribution is 2.26. The molecule has 0 saturated carbocycles. The number of aromatic nitrogens is 2. The normalized spacial score (nSPS) is 14.4. The van der Waals surface area contributed by atoms with E-state index in [9.17, 15) is 13.6 Å². The number of halogens is 2. The fraction of sp³-hybridized carbons (Fsp3) is 0.211. The number of ether oxygens (including phenoxy) is 1. The lowest BCUT2D eigenvalue weighted by molar-refractivity contribution is 0.101. The van der Waals surface area contributed by atoms with Gasteiger partial charge in [-0.1, -0.05) is 6.07 Å². The molecule has 0 bridgehead atoms. The van der Waals surface area contributed by atoms with Crippen molar-refractivity contribution in [1.82, 2.24) is 9.97 Å². The van der Waals surface area contributed by atoms with Crippen molar-refractivity contribution in [2.45, 2.75) is 0 Å². The Morgan fingerprint density at radius 1 is 1.07 bits per heavy atom. The molecule has 2 aromatic carbocycles. The van der Waals surface area contributed by atoms with Crippen molar-refractivity contribution >= 4 is 28.3 Å². The van der Waals surface area contributed by atoms with Gasteiger partial charge in [-0.3, -0.25) is 4.79 Å². The second-order valence-corrected chi connectivity index (χ2v) is 6.08. The Morgan fingerprint density at radius 2 is 1.81 bits per heavy atom. The SMILES string of the molecule is O=C(Nc1ccc2c(N3CCOCC3)ncnc2c1)c1c(F)cccc1F. The first-order valence-electron chi connectivity index (χ1n) is 8.46. The molecule has 1 fully saturated rings. The van der Waals surface area contributed by atoms with E-state index in [1.54, 1.807) is 18.2 Å². The monoisotopic (exact) mass is 370 g/mol. The van der Waals surface area contributed by atoms with Gasteiger partial charge in [0, 0.05) is 24.2 Å². The minimum absolute atomic E-state index is 0.391. The van der Waals surface area contributed by atoms with Crippen LogP contribution in [0, 0.1) is 11.6 Å². The molecule has 0 radical (unpaired) electrons. The van der Waals surface area contributed by atoms with Crippen LogP contribution < -0.4 is 10.2 Å². The van der Waals surface area contributed by atoms with Crippen molar-refractivity contribution in [3.05, 3.63) is 59.9 Å². The topological polar surface area (TPSA) is 67.4 Å². The molecule has 138 valence electrons. The summed E-state index contributed by atoms with van der Waals surface area (Å²) < 4.78 is 32.9. The lowest BCUT2D eigenvalue weighted by Gasteiger charge is -2.28. The van der Waals surface area contributed by atoms with Crippen LogP contribution in [0.4, 0.5) is 20.3 Å². The molecule has 1 saturated heterocycles. The highest BCUT2D eigenvalue weighted by molar-refractivity contribution is 6.05. The second kappa shape index (κ2) is 7.24. The number of fused-ring (bicyclic) bond motifs is 1. The number of rotatable bonds is 3. The van der Waals surface area contributed by atoms with Crippen molar-refractivity contribution in [3.63, 3.8) is 0 Å². The minimum Gasteiger partial charge on any atom is -0.378 e. The predicted molar refractivity (Wildman–Crippen MR) is 96.9 cm³/mol. The van der Waals surface area contributed by atoms with Gasteiger partial charge in [0.05, 0.1) is 18.7 Å². The van der Waals surface area contributed by atoms with E-state index in [0.717, 1.165) is 36.4 Å². The molecule has 6 nitrogen and oxygen atoms in total. The van der Waals surface area contributed by atoms with Crippen LogP contribution in [0.15, 0.2) is 42.7 Å². The molecule has 0 spiro atoms. The van der Waals surface area contributed by atoms with Gasteiger partial charge in [0.25, 0.3) is 5.91 Å². The Hall–Kier alpha value is -3.13. The third-order valence-electron chi connectivity index (χ3n) is 4.37. The van der Waals surface area contributed by atoms with E-state index in [0.29, 0.717) is 24.4 Å². The van der Waals surface area contributed by atoms with Gasteiger partial charge in [-0.15, -0.1) is 0 Å². The zero-order chi connectivity index (χ0) is 18.8. The Kier molecular flexibility index (Phi) is 4.64. The second-order valence-electron chi connectivity index (χ2n) is 6.08. The summed E-state index contributed by atoms with van der Waals surface area (Å²) in [5.41, 5.74) is 0.398. The van der Waals surface area contributed by atoms with E-state index in [1.165, 1.54) is 12.4 Å². The van der Waals surface area contributed by atoms with Crippen molar-refractivity contribution in [3.8, 4) is 0 Å². The van der Waals surface area contributed by atoms with Gasteiger partial charge in [-0.05, 0) is 30.3 Å². The predicted octanol–water partition coefficient (Wildman–Crippen LogP) is 3.00. The third-order valence-corrected chi connectivity index (χ3v) is 4.37. The first-order valence-corrected chi connectivity index (χ1v) is 8.46. The van der Waals surface area contributed by atoms with Gasteiger partial charge in [0.15, 0.2) is 0 Å². The molecule has 0 aliphatic carbocycles. The summed E-state index contributed by atoms with van der Waals surface area (Å²) in [6, 6.07) is 8.39. The van der Waals surface area contributed by atoms with E-state index in [-0.39, 0.29) is 0 Å². The fourth-order valence-electron chi connectivity index (χ4n) is 3.06. The average Bonchev–Trinajstić information content (AvgIpc) is 2.68. The Morgan fingerprint density at radius 3 is 2.56 bits per heavy atom. The van der Waals surface area contributed by atoms with Crippen molar-refractivity contribution < 1.29 is 18.3 Å². The van der Waals surface area contributed by atoms with Crippen LogP contribution in [-0.4, -0.2) is 42.2 Å². The average molecular weight is 370 g/mol. The molecule has 2 heterocycles. The lowest BCUT2D eigenvalue weighted by atomic mass is 10.1. The van der Waals surface area contributed by atoms with Crippen LogP contribution in [-0.2, 0) is 4.74 Å². The van der Waals surface area contributed by atoms with E-state index in [2.05, 4.69) is 20.2 Å². The number of benzene rings is 2. The van der Waals surface area contributed by atoms with E-state index in [1.807, 2.05) is 0 Å². The van der Waals surface area contributed by atoms with Crippen molar-refractivity contribution in [2.24, 2.45) is 0 Å². The number of carbonyl (C=O) groups is 1. The molecule has 3 aromatic rings. The number of hydrogen-bond acceptors (Lipinski definition) is 5. The van der Waals surface area contributed by atoms with E-state index in [4.69, 9.17) is 4.74 Å². The largest absolute Gasteiger partial charge is 0.378 e. The highest BCUT2D eigenvalue weighted by atomic mass is 19.1. The number of anilines is 2. The molecule has 1 aromatic heterocycles. The highest BCUT2D eigenvalue weighted by Gasteiger charge is 2.18. The molecular weight excluding hydrogens is 354 g/mol. The zero-order valence-corrected chi connectivity index (χ0v) is 14.3. The molecule has 1 N–H and O–H groups in total. The van der Waals surface area contributed by atoms with Gasteiger partial charge < -0.3 is 15.0 Å². The maximum absolute atomic E-state index is 13.8. The van der Waals surface area contributed by atoms with Crippen LogP contribution in [0.25, 0.3) is 10.9 Å². The number of carbonyl (C=O) groups excluding carboxylic acids is 1. The van der Waals surface area contributed by atoms with Gasteiger partial charge in [0.1, 0.15) is 29.3 Å². The molecule has 1 aliphatic heterocycles. The minimum atomic E-state index is -0.912. The molecule has 1 amide bonds.